The van der Waals surface area contributed by atoms with Crippen LogP contribution in [0.3, 0.4) is 0 Å². The molecule has 2 heterocycles. The van der Waals surface area contributed by atoms with E-state index in [-0.39, 0.29) is 11.8 Å². The number of fused-ring (bicyclic) bond motifs is 2. The van der Waals surface area contributed by atoms with Gasteiger partial charge in [0.2, 0.25) is 5.91 Å². The molecule has 0 aliphatic heterocycles. The van der Waals surface area contributed by atoms with E-state index >= 15 is 0 Å². The number of hydrogen-bond donors (Lipinski definition) is 2. The van der Waals surface area contributed by atoms with E-state index < -0.39 is 0 Å². The number of hydrogen-bond acceptors (Lipinski definition) is 6. The zero-order chi connectivity index (χ0) is 17.4. The summed E-state index contributed by atoms with van der Waals surface area (Å²) in [7, 11) is 0. The summed E-state index contributed by atoms with van der Waals surface area (Å²) in [5, 5.41) is 6.08. The number of rotatable bonds is 3. The predicted octanol–water partition coefficient (Wildman–Crippen LogP) is 4.12. The highest BCUT2D eigenvalue weighted by Crippen LogP contribution is 2.29. The summed E-state index contributed by atoms with van der Waals surface area (Å²) in [6, 6.07) is 10.8. The normalized spacial score (nSPS) is 10.9. The van der Waals surface area contributed by atoms with E-state index in [0.29, 0.717) is 16.4 Å². The van der Waals surface area contributed by atoms with Crippen molar-refractivity contribution in [2.45, 2.75) is 6.92 Å². The number of anilines is 2. The van der Waals surface area contributed by atoms with Crippen molar-refractivity contribution in [3.05, 3.63) is 47.5 Å². The first-order valence-electron chi connectivity index (χ1n) is 7.41. The fourth-order valence-corrected chi connectivity index (χ4v) is 4.04. The highest BCUT2D eigenvalue weighted by molar-refractivity contribution is 7.22. The van der Waals surface area contributed by atoms with Crippen LogP contribution >= 0.6 is 22.7 Å². The Hall–Kier alpha value is -2.84. The van der Waals surface area contributed by atoms with Gasteiger partial charge in [-0.15, -0.1) is 11.3 Å². The number of carbonyl (C=O) groups is 2. The second-order valence-electron chi connectivity index (χ2n) is 5.37. The van der Waals surface area contributed by atoms with Crippen molar-refractivity contribution in [3.8, 4) is 0 Å². The molecule has 2 N–H and O–H groups in total. The molecular weight excluding hydrogens is 356 g/mol. The zero-order valence-electron chi connectivity index (χ0n) is 13.1. The quantitative estimate of drug-likeness (QED) is 0.570. The molecule has 124 valence electrons. The molecule has 2 amide bonds. The molecule has 0 fully saturated rings. The van der Waals surface area contributed by atoms with E-state index in [2.05, 4.69) is 20.6 Å². The van der Waals surface area contributed by atoms with Crippen LogP contribution in [-0.4, -0.2) is 21.8 Å². The largest absolute Gasteiger partial charge is 0.326 e. The van der Waals surface area contributed by atoms with Crippen LogP contribution in [0.2, 0.25) is 0 Å². The average molecular weight is 368 g/mol. The van der Waals surface area contributed by atoms with E-state index in [1.807, 2.05) is 24.3 Å². The van der Waals surface area contributed by atoms with Crippen LogP contribution in [-0.2, 0) is 4.79 Å². The van der Waals surface area contributed by atoms with Gasteiger partial charge >= 0.3 is 0 Å². The molecule has 0 atom stereocenters. The van der Waals surface area contributed by atoms with Gasteiger partial charge in [0.1, 0.15) is 0 Å². The molecule has 0 radical (unpaired) electrons. The molecule has 4 aromatic rings. The molecule has 4 rings (SSSR count). The van der Waals surface area contributed by atoms with Crippen molar-refractivity contribution < 1.29 is 9.59 Å². The number of amides is 2. The van der Waals surface area contributed by atoms with Crippen molar-refractivity contribution in [1.82, 2.24) is 9.97 Å². The lowest BCUT2D eigenvalue weighted by Crippen LogP contribution is -2.11. The fraction of sp³-hybridized carbons (Fsp3) is 0.0588. The highest BCUT2D eigenvalue weighted by atomic mass is 32.1. The van der Waals surface area contributed by atoms with Gasteiger partial charge < -0.3 is 5.32 Å². The molecule has 0 bridgehead atoms. The van der Waals surface area contributed by atoms with Crippen molar-refractivity contribution in [1.29, 1.82) is 0 Å². The van der Waals surface area contributed by atoms with E-state index in [1.54, 1.807) is 17.6 Å². The van der Waals surface area contributed by atoms with Crippen molar-refractivity contribution in [2.24, 2.45) is 0 Å². The fourth-order valence-electron chi connectivity index (χ4n) is 2.42. The second-order valence-corrected chi connectivity index (χ2v) is 7.29. The molecule has 0 unspecified atom stereocenters. The SMILES string of the molecule is CC(=O)Nc1ccc2nc(NC(=O)c3ccc4ncsc4c3)sc2c1. The summed E-state index contributed by atoms with van der Waals surface area (Å²) in [5.74, 6) is -0.340. The summed E-state index contributed by atoms with van der Waals surface area (Å²) < 4.78 is 1.86. The van der Waals surface area contributed by atoms with Crippen LogP contribution in [0, 0.1) is 0 Å². The number of benzene rings is 2. The van der Waals surface area contributed by atoms with Gasteiger partial charge in [-0.2, -0.15) is 0 Å². The lowest BCUT2D eigenvalue weighted by Gasteiger charge is -2.01. The molecule has 25 heavy (non-hydrogen) atoms. The Morgan fingerprint density at radius 1 is 1.00 bits per heavy atom. The van der Waals surface area contributed by atoms with Crippen molar-refractivity contribution in [3.63, 3.8) is 0 Å². The van der Waals surface area contributed by atoms with Crippen LogP contribution in [0.5, 0.6) is 0 Å². The van der Waals surface area contributed by atoms with E-state index in [1.165, 1.54) is 29.6 Å². The molecule has 6 nitrogen and oxygen atoms in total. The standard InChI is InChI=1S/C17H12N4O2S2/c1-9(22)19-11-3-5-13-15(7-11)25-17(20-13)21-16(23)10-2-4-12-14(6-10)24-8-18-12/h2-8H,1H3,(H,19,22)(H,20,21,23). The minimum absolute atomic E-state index is 0.129. The van der Waals surface area contributed by atoms with Gasteiger partial charge in [0.15, 0.2) is 5.13 Å². The summed E-state index contributed by atoms with van der Waals surface area (Å²) in [5.41, 5.74) is 4.68. The van der Waals surface area contributed by atoms with Gasteiger partial charge in [0.25, 0.3) is 5.91 Å². The minimum atomic E-state index is -0.212. The molecule has 2 aromatic heterocycles. The monoisotopic (exact) mass is 368 g/mol. The smallest absolute Gasteiger partial charge is 0.257 e. The second kappa shape index (κ2) is 6.23. The molecule has 2 aromatic carbocycles. The van der Waals surface area contributed by atoms with Crippen molar-refractivity contribution in [2.75, 3.05) is 10.6 Å². The summed E-state index contributed by atoms with van der Waals surface area (Å²) in [4.78, 5) is 32.2. The molecule has 0 saturated carbocycles. The third-order valence-electron chi connectivity index (χ3n) is 3.52. The van der Waals surface area contributed by atoms with Crippen LogP contribution < -0.4 is 10.6 Å². The van der Waals surface area contributed by atoms with Gasteiger partial charge in [0.05, 0.1) is 25.9 Å². The van der Waals surface area contributed by atoms with Crippen LogP contribution in [0.15, 0.2) is 41.9 Å². The minimum Gasteiger partial charge on any atom is -0.326 e. The first-order valence-corrected chi connectivity index (χ1v) is 9.11. The maximum Gasteiger partial charge on any atom is 0.257 e. The summed E-state index contributed by atoms with van der Waals surface area (Å²) in [6.45, 7) is 1.46. The number of nitrogens with one attached hydrogen (secondary N) is 2. The van der Waals surface area contributed by atoms with Crippen LogP contribution in [0.25, 0.3) is 20.4 Å². The first-order chi connectivity index (χ1) is 12.1. The maximum atomic E-state index is 12.5. The van der Waals surface area contributed by atoms with Crippen molar-refractivity contribution >= 4 is 65.7 Å². The van der Waals surface area contributed by atoms with Gasteiger partial charge in [-0.3, -0.25) is 14.9 Å². The van der Waals surface area contributed by atoms with E-state index in [0.717, 1.165) is 20.4 Å². The van der Waals surface area contributed by atoms with Crippen LogP contribution in [0.4, 0.5) is 10.8 Å². The third kappa shape index (κ3) is 3.21. The predicted molar refractivity (Wildman–Crippen MR) is 101 cm³/mol. The number of carbonyl (C=O) groups excluding carboxylic acids is 2. The Morgan fingerprint density at radius 2 is 1.84 bits per heavy atom. The molecular formula is C17H12N4O2S2. The molecule has 0 aliphatic rings. The molecule has 0 spiro atoms. The summed E-state index contributed by atoms with van der Waals surface area (Å²) in [6.07, 6.45) is 0. The third-order valence-corrected chi connectivity index (χ3v) is 5.25. The Morgan fingerprint density at radius 3 is 2.68 bits per heavy atom. The first kappa shape index (κ1) is 15.7. The lowest BCUT2D eigenvalue weighted by atomic mass is 10.2. The van der Waals surface area contributed by atoms with Gasteiger partial charge in [-0.25, -0.2) is 9.97 Å². The highest BCUT2D eigenvalue weighted by Gasteiger charge is 2.11. The summed E-state index contributed by atoms with van der Waals surface area (Å²) >= 11 is 2.86. The van der Waals surface area contributed by atoms with Crippen LogP contribution in [0.1, 0.15) is 17.3 Å². The van der Waals surface area contributed by atoms with Gasteiger partial charge in [-0.1, -0.05) is 11.3 Å². The Kier molecular flexibility index (Phi) is 3.90. The maximum absolute atomic E-state index is 12.5. The van der Waals surface area contributed by atoms with E-state index in [4.69, 9.17) is 0 Å². The number of aromatic nitrogens is 2. The average Bonchev–Trinajstić information content (AvgIpc) is 3.18. The molecule has 0 saturated heterocycles. The Bertz CT molecular complexity index is 1120. The zero-order valence-corrected chi connectivity index (χ0v) is 14.7. The molecule has 0 aliphatic carbocycles. The topological polar surface area (TPSA) is 84.0 Å². The molecule has 8 heteroatoms. The van der Waals surface area contributed by atoms with Gasteiger partial charge in [-0.05, 0) is 36.4 Å². The Balaban J connectivity index is 1.58. The Labute approximate surface area is 150 Å². The van der Waals surface area contributed by atoms with Gasteiger partial charge in [0, 0.05) is 18.2 Å². The van der Waals surface area contributed by atoms with E-state index in [9.17, 15) is 9.59 Å². The lowest BCUT2D eigenvalue weighted by molar-refractivity contribution is -0.114. The number of thiazole rings is 2. The number of nitrogens with zero attached hydrogens (tertiary/aromatic N) is 2.